The topological polar surface area (TPSA) is 77.4 Å². The SMILES string of the molecule is CCC1CN(c2ccc(-c3ncc(C4=CCCN(C)C4)cc3O)nn2)CCN1. The molecule has 2 aliphatic heterocycles. The largest absolute Gasteiger partial charge is 0.506 e. The first kappa shape index (κ1) is 18.8. The third-order valence-electron chi connectivity index (χ3n) is 5.55. The van der Waals surface area contributed by atoms with Crippen molar-refractivity contribution < 1.29 is 5.11 Å². The molecule has 1 unspecified atom stereocenters. The van der Waals surface area contributed by atoms with Crippen molar-refractivity contribution in [3.05, 3.63) is 36.0 Å². The van der Waals surface area contributed by atoms with Gasteiger partial charge in [-0.1, -0.05) is 13.0 Å². The monoisotopic (exact) mass is 380 g/mol. The molecule has 7 nitrogen and oxygen atoms in total. The Kier molecular flexibility index (Phi) is 5.54. The Hall–Kier alpha value is -2.51. The van der Waals surface area contributed by atoms with E-state index in [2.05, 4.69) is 50.3 Å². The summed E-state index contributed by atoms with van der Waals surface area (Å²) in [5.74, 6) is 1.01. The number of aromatic nitrogens is 3. The lowest BCUT2D eigenvalue weighted by molar-refractivity contribution is 0.372. The molecular formula is C21H28N6O. The molecule has 0 radical (unpaired) electrons. The second-order valence-electron chi connectivity index (χ2n) is 7.63. The van der Waals surface area contributed by atoms with Crippen LogP contribution in [0.2, 0.25) is 0 Å². The number of rotatable bonds is 4. The second kappa shape index (κ2) is 8.24. The van der Waals surface area contributed by atoms with Crippen LogP contribution in [0.1, 0.15) is 25.3 Å². The van der Waals surface area contributed by atoms with Gasteiger partial charge in [0, 0.05) is 50.5 Å². The van der Waals surface area contributed by atoms with Crippen LogP contribution in [-0.4, -0.2) is 71.0 Å². The van der Waals surface area contributed by atoms with Gasteiger partial charge in [-0.25, -0.2) is 4.98 Å². The van der Waals surface area contributed by atoms with Crippen LogP contribution in [0.5, 0.6) is 5.75 Å². The fourth-order valence-electron chi connectivity index (χ4n) is 3.86. The lowest BCUT2D eigenvalue weighted by Gasteiger charge is -2.33. The highest BCUT2D eigenvalue weighted by Gasteiger charge is 2.20. The maximum absolute atomic E-state index is 10.5. The summed E-state index contributed by atoms with van der Waals surface area (Å²) in [4.78, 5) is 9.00. The Bertz CT molecular complexity index is 850. The Balaban J connectivity index is 1.52. The predicted molar refractivity (Wildman–Crippen MR) is 111 cm³/mol. The van der Waals surface area contributed by atoms with Crippen LogP contribution in [0, 0.1) is 0 Å². The second-order valence-corrected chi connectivity index (χ2v) is 7.63. The predicted octanol–water partition coefficient (Wildman–Crippen LogP) is 2.15. The van der Waals surface area contributed by atoms with Crippen LogP contribution in [-0.2, 0) is 0 Å². The van der Waals surface area contributed by atoms with Gasteiger partial charge in [0.05, 0.1) is 0 Å². The Morgan fingerprint density at radius 1 is 1.25 bits per heavy atom. The number of hydrogen-bond acceptors (Lipinski definition) is 7. The van der Waals surface area contributed by atoms with Gasteiger partial charge in [0.1, 0.15) is 17.1 Å². The molecule has 28 heavy (non-hydrogen) atoms. The van der Waals surface area contributed by atoms with Crippen LogP contribution >= 0.6 is 0 Å². The van der Waals surface area contributed by atoms with E-state index in [1.54, 1.807) is 6.07 Å². The Morgan fingerprint density at radius 2 is 2.14 bits per heavy atom. The molecule has 0 saturated carbocycles. The highest BCUT2D eigenvalue weighted by Crippen LogP contribution is 2.30. The van der Waals surface area contributed by atoms with Crippen LogP contribution < -0.4 is 10.2 Å². The fraction of sp³-hybridized carbons (Fsp3) is 0.476. The summed E-state index contributed by atoms with van der Waals surface area (Å²) in [5, 5.41) is 22.8. The molecule has 4 heterocycles. The van der Waals surface area contributed by atoms with Gasteiger partial charge in [-0.15, -0.1) is 10.2 Å². The van der Waals surface area contributed by atoms with Crippen molar-refractivity contribution in [3.8, 4) is 17.1 Å². The minimum atomic E-state index is 0.141. The van der Waals surface area contributed by atoms with E-state index in [9.17, 15) is 5.11 Å². The van der Waals surface area contributed by atoms with E-state index in [0.29, 0.717) is 17.4 Å². The molecule has 7 heteroatoms. The molecule has 2 N–H and O–H groups in total. The van der Waals surface area contributed by atoms with Gasteiger partial charge in [-0.05, 0) is 43.7 Å². The molecule has 0 amide bonds. The van der Waals surface area contributed by atoms with Gasteiger partial charge in [0.25, 0.3) is 0 Å². The van der Waals surface area contributed by atoms with Gasteiger partial charge in [-0.3, -0.25) is 0 Å². The molecule has 1 saturated heterocycles. The van der Waals surface area contributed by atoms with Gasteiger partial charge in [0.15, 0.2) is 5.82 Å². The summed E-state index contributed by atoms with van der Waals surface area (Å²) in [6, 6.07) is 6.13. The average molecular weight is 380 g/mol. The van der Waals surface area contributed by atoms with Gasteiger partial charge in [0.2, 0.25) is 0 Å². The maximum atomic E-state index is 10.5. The minimum absolute atomic E-state index is 0.141. The third-order valence-corrected chi connectivity index (χ3v) is 5.55. The number of aromatic hydroxyl groups is 1. The number of likely N-dealkylation sites (N-methyl/N-ethyl adjacent to an activating group) is 1. The number of anilines is 1. The molecule has 0 spiro atoms. The van der Waals surface area contributed by atoms with Gasteiger partial charge in [-0.2, -0.15) is 0 Å². The molecule has 2 aliphatic rings. The number of piperazine rings is 1. The van der Waals surface area contributed by atoms with E-state index in [-0.39, 0.29) is 5.75 Å². The summed E-state index contributed by atoms with van der Waals surface area (Å²) >= 11 is 0. The van der Waals surface area contributed by atoms with E-state index in [0.717, 1.165) is 56.9 Å². The minimum Gasteiger partial charge on any atom is -0.506 e. The molecular weight excluding hydrogens is 352 g/mol. The zero-order chi connectivity index (χ0) is 19.5. The Labute approximate surface area is 166 Å². The van der Waals surface area contributed by atoms with Crippen molar-refractivity contribution in [2.75, 3.05) is 44.7 Å². The van der Waals surface area contributed by atoms with Crippen molar-refractivity contribution in [2.24, 2.45) is 0 Å². The molecule has 0 bridgehead atoms. The van der Waals surface area contributed by atoms with Crippen LogP contribution in [0.4, 0.5) is 5.82 Å². The third kappa shape index (κ3) is 4.00. The highest BCUT2D eigenvalue weighted by atomic mass is 16.3. The van der Waals surface area contributed by atoms with Gasteiger partial charge >= 0.3 is 0 Å². The first-order chi connectivity index (χ1) is 13.6. The first-order valence-electron chi connectivity index (χ1n) is 10.0. The number of nitrogens with one attached hydrogen (secondary N) is 1. The zero-order valence-corrected chi connectivity index (χ0v) is 16.6. The quantitative estimate of drug-likeness (QED) is 0.841. The molecule has 2 aromatic rings. The molecule has 1 atom stereocenters. The maximum Gasteiger partial charge on any atom is 0.151 e. The molecule has 148 valence electrons. The zero-order valence-electron chi connectivity index (χ0n) is 16.6. The van der Waals surface area contributed by atoms with Crippen molar-refractivity contribution in [2.45, 2.75) is 25.8 Å². The average Bonchev–Trinajstić information content (AvgIpc) is 2.74. The van der Waals surface area contributed by atoms with Gasteiger partial charge < -0.3 is 20.2 Å². The lowest BCUT2D eigenvalue weighted by atomic mass is 10.0. The summed E-state index contributed by atoms with van der Waals surface area (Å²) in [7, 11) is 2.10. The van der Waals surface area contributed by atoms with E-state index in [1.807, 2.05) is 18.3 Å². The smallest absolute Gasteiger partial charge is 0.151 e. The lowest BCUT2D eigenvalue weighted by Crippen LogP contribution is -2.50. The van der Waals surface area contributed by atoms with E-state index >= 15 is 0 Å². The molecule has 0 aromatic carbocycles. The fourth-order valence-corrected chi connectivity index (χ4v) is 3.86. The van der Waals surface area contributed by atoms with Crippen molar-refractivity contribution >= 4 is 11.4 Å². The number of nitrogens with zero attached hydrogens (tertiary/aromatic N) is 5. The molecule has 1 fully saturated rings. The highest BCUT2D eigenvalue weighted by molar-refractivity contribution is 5.72. The molecule has 2 aromatic heterocycles. The van der Waals surface area contributed by atoms with E-state index in [4.69, 9.17) is 0 Å². The van der Waals surface area contributed by atoms with Crippen molar-refractivity contribution in [3.63, 3.8) is 0 Å². The van der Waals surface area contributed by atoms with Crippen LogP contribution in [0.15, 0.2) is 30.5 Å². The van der Waals surface area contributed by atoms with Crippen LogP contribution in [0.3, 0.4) is 0 Å². The van der Waals surface area contributed by atoms with Crippen molar-refractivity contribution in [1.29, 1.82) is 0 Å². The standard InChI is InChI=1S/C21H28N6O/c1-3-17-14-27(10-8-22-17)20-7-6-18(24-25-20)21-19(28)11-16(12-23-21)15-5-4-9-26(2)13-15/h5-7,11-12,17,22,28H,3-4,8-10,13-14H2,1-2H3. The number of hydrogen-bond donors (Lipinski definition) is 2. The summed E-state index contributed by atoms with van der Waals surface area (Å²) < 4.78 is 0. The Morgan fingerprint density at radius 3 is 2.86 bits per heavy atom. The summed E-state index contributed by atoms with van der Waals surface area (Å²) in [6.45, 7) is 6.94. The van der Waals surface area contributed by atoms with Crippen LogP contribution in [0.25, 0.3) is 17.0 Å². The first-order valence-corrected chi connectivity index (χ1v) is 10.0. The summed E-state index contributed by atoms with van der Waals surface area (Å²) in [5.41, 5.74) is 3.22. The van der Waals surface area contributed by atoms with E-state index < -0.39 is 0 Å². The molecule has 4 rings (SSSR count). The normalized spacial score (nSPS) is 20.9. The van der Waals surface area contributed by atoms with Crippen molar-refractivity contribution in [1.82, 2.24) is 25.4 Å². The molecule has 0 aliphatic carbocycles. The summed E-state index contributed by atoms with van der Waals surface area (Å²) in [6.07, 6.45) is 6.16. The number of pyridine rings is 1. The van der Waals surface area contributed by atoms with E-state index in [1.165, 1.54) is 5.57 Å².